The average molecular weight is 307 g/mol. The van der Waals surface area contributed by atoms with Crippen LogP contribution in [0.3, 0.4) is 0 Å². The number of nitrogens with one attached hydrogen (secondary N) is 1. The summed E-state index contributed by atoms with van der Waals surface area (Å²) >= 11 is 0. The van der Waals surface area contributed by atoms with Crippen LogP contribution in [0.5, 0.6) is 5.75 Å². The molecule has 2 N–H and O–H groups in total. The van der Waals surface area contributed by atoms with Crippen molar-refractivity contribution in [3.05, 3.63) is 53.2 Å². The molecule has 5 nitrogen and oxygen atoms in total. The van der Waals surface area contributed by atoms with Crippen molar-refractivity contribution in [2.75, 3.05) is 13.2 Å². The lowest BCUT2D eigenvalue weighted by atomic mass is 10.2. The molecule has 0 saturated carbocycles. The van der Waals surface area contributed by atoms with Crippen LogP contribution < -0.4 is 10.1 Å². The molecule has 1 heterocycles. The number of ether oxygens (including phenoxy) is 1. The number of rotatable bonds is 6. The van der Waals surface area contributed by atoms with E-state index in [4.69, 9.17) is 9.15 Å². The molecule has 0 aliphatic carbocycles. The molecule has 1 atom stereocenters. The maximum Gasteiger partial charge on any atom is 0.287 e. The van der Waals surface area contributed by atoms with E-state index >= 15 is 0 Å². The molecule has 22 heavy (non-hydrogen) atoms. The van der Waals surface area contributed by atoms with Crippen LogP contribution in [0.1, 0.15) is 21.9 Å². The summed E-state index contributed by atoms with van der Waals surface area (Å²) in [6, 6.07) is 7.24. The Bertz CT molecular complexity index is 636. The highest BCUT2D eigenvalue weighted by molar-refractivity contribution is 5.92. The van der Waals surface area contributed by atoms with Gasteiger partial charge < -0.3 is 19.6 Å². The van der Waals surface area contributed by atoms with Gasteiger partial charge in [0.15, 0.2) is 5.76 Å². The minimum Gasteiger partial charge on any atom is -0.491 e. The van der Waals surface area contributed by atoms with Crippen LogP contribution in [0.4, 0.5) is 4.39 Å². The van der Waals surface area contributed by atoms with E-state index in [9.17, 15) is 14.3 Å². The third-order valence-corrected chi connectivity index (χ3v) is 3.00. The molecule has 1 aromatic carbocycles. The number of carbonyl (C=O) groups is 1. The van der Waals surface area contributed by atoms with Crippen LogP contribution in [0, 0.1) is 19.7 Å². The molecule has 0 bridgehead atoms. The minimum absolute atomic E-state index is 0.0118. The fraction of sp³-hybridized carbons (Fsp3) is 0.312. The summed E-state index contributed by atoms with van der Waals surface area (Å²) in [6.45, 7) is 3.55. The number of aliphatic hydroxyl groups excluding tert-OH is 1. The summed E-state index contributed by atoms with van der Waals surface area (Å²) < 4.78 is 23.3. The Morgan fingerprint density at radius 1 is 1.36 bits per heavy atom. The molecule has 0 saturated heterocycles. The highest BCUT2D eigenvalue weighted by Crippen LogP contribution is 2.13. The lowest BCUT2D eigenvalue weighted by molar-refractivity contribution is 0.0820. The van der Waals surface area contributed by atoms with Crippen molar-refractivity contribution >= 4 is 5.91 Å². The van der Waals surface area contributed by atoms with Crippen molar-refractivity contribution in [2.24, 2.45) is 0 Å². The van der Waals surface area contributed by atoms with Crippen molar-refractivity contribution < 1.29 is 23.4 Å². The van der Waals surface area contributed by atoms with Gasteiger partial charge in [-0.05, 0) is 44.2 Å². The topological polar surface area (TPSA) is 71.7 Å². The van der Waals surface area contributed by atoms with E-state index in [0.29, 0.717) is 11.5 Å². The molecule has 2 aromatic rings. The first kappa shape index (κ1) is 16.0. The van der Waals surface area contributed by atoms with Crippen molar-refractivity contribution in [3.8, 4) is 5.75 Å². The summed E-state index contributed by atoms with van der Waals surface area (Å²) in [4.78, 5) is 11.9. The molecule has 1 aromatic heterocycles. The first-order valence-electron chi connectivity index (χ1n) is 6.87. The van der Waals surface area contributed by atoms with E-state index in [0.717, 1.165) is 5.56 Å². The maximum atomic E-state index is 12.7. The molecule has 2 rings (SSSR count). The molecule has 1 amide bonds. The number of carbonyl (C=O) groups excluding carboxylic acids is 1. The largest absolute Gasteiger partial charge is 0.491 e. The summed E-state index contributed by atoms with van der Waals surface area (Å²) in [6.07, 6.45) is -0.884. The first-order valence-corrected chi connectivity index (χ1v) is 6.87. The molecule has 0 radical (unpaired) electrons. The number of furan rings is 1. The number of aryl methyl sites for hydroxylation is 2. The van der Waals surface area contributed by atoms with Gasteiger partial charge in [-0.3, -0.25) is 4.79 Å². The number of aliphatic hydroxyl groups is 1. The summed E-state index contributed by atoms with van der Waals surface area (Å²) in [7, 11) is 0. The van der Waals surface area contributed by atoms with Gasteiger partial charge in [-0.1, -0.05) is 0 Å². The van der Waals surface area contributed by atoms with Gasteiger partial charge in [0.2, 0.25) is 0 Å². The van der Waals surface area contributed by atoms with Crippen molar-refractivity contribution in [1.82, 2.24) is 5.32 Å². The molecule has 118 valence electrons. The van der Waals surface area contributed by atoms with Gasteiger partial charge in [0, 0.05) is 12.1 Å². The van der Waals surface area contributed by atoms with Crippen molar-refractivity contribution in [1.29, 1.82) is 0 Å². The fourth-order valence-corrected chi connectivity index (χ4v) is 1.94. The van der Waals surface area contributed by atoms with E-state index < -0.39 is 6.10 Å². The molecule has 0 aliphatic rings. The van der Waals surface area contributed by atoms with Crippen LogP contribution in [0.15, 0.2) is 34.7 Å². The Labute approximate surface area is 127 Å². The second kappa shape index (κ2) is 7.09. The highest BCUT2D eigenvalue weighted by Gasteiger charge is 2.15. The molecule has 6 heteroatoms. The van der Waals surface area contributed by atoms with E-state index in [-0.39, 0.29) is 30.6 Å². The number of halogens is 1. The Morgan fingerprint density at radius 3 is 2.64 bits per heavy atom. The Morgan fingerprint density at radius 2 is 2.05 bits per heavy atom. The third-order valence-electron chi connectivity index (χ3n) is 3.00. The predicted octanol–water partition coefficient (Wildman–Crippen LogP) is 2.21. The predicted molar refractivity (Wildman–Crippen MR) is 78.4 cm³/mol. The van der Waals surface area contributed by atoms with Gasteiger partial charge in [-0.25, -0.2) is 4.39 Å². The van der Waals surface area contributed by atoms with Crippen LogP contribution in [0.2, 0.25) is 0 Å². The SMILES string of the molecule is Cc1cc(C)c(C(=O)NCC(O)COc2ccc(F)cc2)o1. The monoisotopic (exact) mass is 307 g/mol. The van der Waals surface area contributed by atoms with E-state index in [1.807, 2.05) is 0 Å². The van der Waals surface area contributed by atoms with Gasteiger partial charge in [0.25, 0.3) is 5.91 Å². The summed E-state index contributed by atoms with van der Waals surface area (Å²) in [5.41, 5.74) is 0.743. The number of hydrogen-bond acceptors (Lipinski definition) is 4. The van der Waals surface area contributed by atoms with Gasteiger partial charge in [-0.2, -0.15) is 0 Å². The molecule has 1 unspecified atom stereocenters. The minimum atomic E-state index is -0.884. The zero-order valence-electron chi connectivity index (χ0n) is 12.4. The third kappa shape index (κ3) is 4.33. The first-order chi connectivity index (χ1) is 10.5. The standard InChI is InChI=1S/C16H18FNO4/c1-10-7-11(2)22-15(10)16(20)18-8-13(19)9-21-14-5-3-12(17)4-6-14/h3-7,13,19H,8-9H2,1-2H3,(H,18,20). The number of amides is 1. The summed E-state index contributed by atoms with van der Waals surface area (Å²) in [5, 5.41) is 12.4. The van der Waals surface area contributed by atoms with Crippen LogP contribution in [-0.2, 0) is 0 Å². The zero-order valence-corrected chi connectivity index (χ0v) is 12.4. The molecule has 0 aliphatic heterocycles. The van der Waals surface area contributed by atoms with Crippen molar-refractivity contribution in [2.45, 2.75) is 20.0 Å². The molecule has 0 fully saturated rings. The summed E-state index contributed by atoms with van der Waals surface area (Å²) in [5.74, 6) is 0.604. The fourth-order valence-electron chi connectivity index (χ4n) is 1.94. The van der Waals surface area contributed by atoms with E-state index in [1.54, 1.807) is 19.9 Å². The quantitative estimate of drug-likeness (QED) is 0.858. The normalized spacial score (nSPS) is 12.0. The molecular formula is C16H18FNO4. The van der Waals surface area contributed by atoms with Crippen molar-refractivity contribution in [3.63, 3.8) is 0 Å². The lowest BCUT2D eigenvalue weighted by Crippen LogP contribution is -2.35. The smallest absolute Gasteiger partial charge is 0.287 e. The second-order valence-corrected chi connectivity index (χ2v) is 5.00. The molecular weight excluding hydrogens is 289 g/mol. The zero-order chi connectivity index (χ0) is 16.1. The number of hydrogen-bond donors (Lipinski definition) is 2. The Balaban J connectivity index is 1.77. The Hall–Kier alpha value is -2.34. The second-order valence-electron chi connectivity index (χ2n) is 5.00. The van der Waals surface area contributed by atoms with Gasteiger partial charge in [0.1, 0.15) is 30.0 Å². The molecule has 0 spiro atoms. The Kier molecular flexibility index (Phi) is 5.16. The van der Waals surface area contributed by atoms with Crippen LogP contribution in [0.25, 0.3) is 0 Å². The van der Waals surface area contributed by atoms with Crippen LogP contribution in [-0.4, -0.2) is 30.3 Å². The average Bonchev–Trinajstić information content (AvgIpc) is 2.83. The lowest BCUT2D eigenvalue weighted by Gasteiger charge is -2.13. The van der Waals surface area contributed by atoms with Crippen LogP contribution >= 0.6 is 0 Å². The van der Waals surface area contributed by atoms with Gasteiger partial charge in [-0.15, -0.1) is 0 Å². The van der Waals surface area contributed by atoms with E-state index in [1.165, 1.54) is 24.3 Å². The maximum absolute atomic E-state index is 12.7. The van der Waals surface area contributed by atoms with Gasteiger partial charge in [0.05, 0.1) is 0 Å². The van der Waals surface area contributed by atoms with E-state index in [2.05, 4.69) is 5.32 Å². The van der Waals surface area contributed by atoms with Gasteiger partial charge >= 0.3 is 0 Å². The highest BCUT2D eigenvalue weighted by atomic mass is 19.1. The number of benzene rings is 1.